The molecule has 0 aliphatic heterocycles. The highest BCUT2D eigenvalue weighted by Crippen LogP contribution is 1.99. The van der Waals surface area contributed by atoms with Crippen molar-refractivity contribution in [1.82, 2.24) is 5.48 Å². The van der Waals surface area contributed by atoms with E-state index in [-0.39, 0.29) is 5.91 Å². The zero-order valence-electron chi connectivity index (χ0n) is 7.28. The van der Waals surface area contributed by atoms with Gasteiger partial charge >= 0.3 is 0 Å². The van der Waals surface area contributed by atoms with Crippen LogP contribution in [-0.2, 0) is 9.63 Å². The summed E-state index contributed by atoms with van der Waals surface area (Å²) >= 11 is 0. The minimum atomic E-state index is -0.286. The van der Waals surface area contributed by atoms with Crippen LogP contribution in [0.4, 0.5) is 0 Å². The lowest BCUT2D eigenvalue weighted by Crippen LogP contribution is -2.18. The second kappa shape index (κ2) is 5.11. The maximum atomic E-state index is 10.9. The van der Waals surface area contributed by atoms with Crippen molar-refractivity contribution in [3.8, 4) is 0 Å². The highest BCUT2D eigenvalue weighted by Gasteiger charge is 1.90. The molecule has 0 unspecified atom stereocenters. The second-order valence-corrected chi connectivity index (χ2v) is 2.34. The molecule has 1 aromatic carbocycles. The van der Waals surface area contributed by atoms with E-state index in [1.165, 1.54) is 13.2 Å². The van der Waals surface area contributed by atoms with Crippen molar-refractivity contribution in [3.63, 3.8) is 0 Å². The summed E-state index contributed by atoms with van der Waals surface area (Å²) in [6.07, 6.45) is 3.08. The van der Waals surface area contributed by atoms with Gasteiger partial charge in [0.15, 0.2) is 0 Å². The first kappa shape index (κ1) is 9.48. The van der Waals surface area contributed by atoms with Gasteiger partial charge in [0.1, 0.15) is 0 Å². The van der Waals surface area contributed by atoms with Crippen LogP contribution in [0.15, 0.2) is 30.3 Å². The highest BCUT2D eigenvalue weighted by molar-refractivity contribution is 5.90. The zero-order chi connectivity index (χ0) is 9.52. The summed E-state index contributed by atoms with van der Waals surface area (Å²) in [5.74, 6) is -0.286. The third-order valence-corrected chi connectivity index (χ3v) is 1.36. The molecule has 0 aliphatic rings. The van der Waals surface area contributed by atoms with Gasteiger partial charge < -0.3 is 0 Å². The zero-order valence-corrected chi connectivity index (χ0v) is 7.28. The fourth-order valence-corrected chi connectivity index (χ4v) is 0.817. The molecule has 0 aromatic heterocycles. The third-order valence-electron chi connectivity index (χ3n) is 1.36. The molecule has 0 saturated heterocycles. The molecule has 0 saturated carbocycles. The van der Waals surface area contributed by atoms with E-state index in [0.717, 1.165) is 5.56 Å². The molecule has 1 rings (SSSR count). The molecule has 0 bridgehead atoms. The first-order valence-electron chi connectivity index (χ1n) is 3.80. The molecule has 1 amide bonds. The lowest BCUT2D eigenvalue weighted by atomic mass is 10.2. The summed E-state index contributed by atoms with van der Waals surface area (Å²) in [6, 6.07) is 10.2. The van der Waals surface area contributed by atoms with Gasteiger partial charge in [-0.15, -0.1) is 0 Å². The largest absolute Gasteiger partial charge is 0.277 e. The van der Waals surface area contributed by atoms with Crippen molar-refractivity contribution < 1.29 is 9.63 Å². The maximum Gasteiger partial charge on any atom is 0.267 e. The monoisotopic (exact) mass is 176 g/mol. The average Bonchev–Trinajstić information content (AvgIpc) is 2.17. The molecular formula is C10H10NO2. The van der Waals surface area contributed by atoms with Crippen LogP contribution in [0.5, 0.6) is 0 Å². The quantitative estimate of drug-likeness (QED) is 0.554. The number of amides is 1. The van der Waals surface area contributed by atoms with Gasteiger partial charge in [-0.2, -0.15) is 0 Å². The smallest absolute Gasteiger partial charge is 0.267 e. The standard InChI is InChI=1S/C10H10NO2/c1-13-11-10(12)8-7-9-5-3-2-4-6-9/h2-3,5-8H,1H3,(H,11,12)/b8-7+. The van der Waals surface area contributed by atoms with Crippen LogP contribution >= 0.6 is 0 Å². The predicted octanol–water partition coefficient (Wildman–Crippen LogP) is 1.18. The molecule has 1 radical (unpaired) electrons. The van der Waals surface area contributed by atoms with E-state index in [1.54, 1.807) is 18.2 Å². The van der Waals surface area contributed by atoms with Crippen molar-refractivity contribution in [2.45, 2.75) is 0 Å². The summed E-state index contributed by atoms with van der Waals surface area (Å²) in [5.41, 5.74) is 3.10. The SMILES string of the molecule is CONC(=O)/C=C/c1c[c]ccc1. The number of carbonyl (C=O) groups excluding carboxylic acids is 1. The predicted molar refractivity (Wildman–Crippen MR) is 49.5 cm³/mol. The lowest BCUT2D eigenvalue weighted by Gasteiger charge is -1.94. The Labute approximate surface area is 77.0 Å². The highest BCUT2D eigenvalue weighted by atomic mass is 16.6. The van der Waals surface area contributed by atoms with Crippen molar-refractivity contribution in [2.75, 3.05) is 7.11 Å². The molecule has 0 atom stereocenters. The van der Waals surface area contributed by atoms with Crippen LogP contribution in [-0.4, -0.2) is 13.0 Å². The van der Waals surface area contributed by atoms with Gasteiger partial charge in [-0.3, -0.25) is 9.63 Å². The third kappa shape index (κ3) is 3.53. The van der Waals surface area contributed by atoms with Gasteiger partial charge in [0.2, 0.25) is 0 Å². The minimum absolute atomic E-state index is 0.286. The Morgan fingerprint density at radius 1 is 1.69 bits per heavy atom. The second-order valence-electron chi connectivity index (χ2n) is 2.34. The van der Waals surface area contributed by atoms with Crippen LogP contribution in [0.25, 0.3) is 6.08 Å². The molecule has 3 nitrogen and oxygen atoms in total. The molecular weight excluding hydrogens is 166 g/mol. The first-order chi connectivity index (χ1) is 6.33. The Morgan fingerprint density at radius 2 is 2.54 bits per heavy atom. The summed E-state index contributed by atoms with van der Waals surface area (Å²) in [5, 5.41) is 0. The molecule has 3 heteroatoms. The van der Waals surface area contributed by atoms with E-state index >= 15 is 0 Å². The van der Waals surface area contributed by atoms with E-state index in [4.69, 9.17) is 0 Å². The number of nitrogens with one attached hydrogen (secondary N) is 1. The van der Waals surface area contributed by atoms with E-state index < -0.39 is 0 Å². The van der Waals surface area contributed by atoms with Gasteiger partial charge in [-0.25, -0.2) is 5.48 Å². The molecule has 1 aromatic rings. The molecule has 0 heterocycles. The number of hydrogen-bond acceptors (Lipinski definition) is 2. The Hall–Kier alpha value is -1.61. The Morgan fingerprint density at radius 3 is 3.15 bits per heavy atom. The van der Waals surface area contributed by atoms with Crippen molar-refractivity contribution in [1.29, 1.82) is 0 Å². The van der Waals surface area contributed by atoms with Gasteiger partial charge in [0.25, 0.3) is 5.91 Å². The number of rotatable bonds is 3. The lowest BCUT2D eigenvalue weighted by molar-refractivity contribution is -0.126. The molecule has 0 aliphatic carbocycles. The molecule has 1 N–H and O–H groups in total. The maximum absolute atomic E-state index is 10.9. The summed E-state index contributed by atoms with van der Waals surface area (Å²) in [7, 11) is 1.39. The average molecular weight is 176 g/mol. The van der Waals surface area contributed by atoms with Crippen molar-refractivity contribution >= 4 is 12.0 Å². The van der Waals surface area contributed by atoms with E-state index in [2.05, 4.69) is 16.4 Å². The van der Waals surface area contributed by atoms with Crippen LogP contribution in [0, 0.1) is 6.07 Å². The van der Waals surface area contributed by atoms with Gasteiger partial charge in [0, 0.05) is 6.08 Å². The fourth-order valence-electron chi connectivity index (χ4n) is 0.817. The molecule has 13 heavy (non-hydrogen) atoms. The Balaban J connectivity index is 2.54. The summed E-state index contributed by atoms with van der Waals surface area (Å²) < 4.78 is 0. The topological polar surface area (TPSA) is 38.3 Å². The Bertz CT molecular complexity index is 293. The Kier molecular flexibility index (Phi) is 3.73. The van der Waals surface area contributed by atoms with Gasteiger partial charge in [-0.05, 0) is 23.8 Å². The molecule has 0 fully saturated rings. The van der Waals surface area contributed by atoms with E-state index in [0.29, 0.717) is 0 Å². The number of hydrogen-bond donors (Lipinski definition) is 1. The van der Waals surface area contributed by atoms with Crippen molar-refractivity contribution in [3.05, 3.63) is 42.0 Å². The molecule has 0 spiro atoms. The normalized spacial score (nSPS) is 10.2. The van der Waals surface area contributed by atoms with Gasteiger partial charge in [0.05, 0.1) is 7.11 Å². The van der Waals surface area contributed by atoms with Gasteiger partial charge in [-0.1, -0.05) is 18.2 Å². The summed E-state index contributed by atoms with van der Waals surface area (Å²) in [6.45, 7) is 0. The molecule has 67 valence electrons. The fraction of sp³-hybridized carbons (Fsp3) is 0.100. The van der Waals surface area contributed by atoms with Crippen LogP contribution in [0.3, 0.4) is 0 Å². The first-order valence-corrected chi connectivity index (χ1v) is 3.80. The minimum Gasteiger partial charge on any atom is -0.277 e. The summed E-state index contributed by atoms with van der Waals surface area (Å²) in [4.78, 5) is 15.3. The number of benzene rings is 1. The van der Waals surface area contributed by atoms with Crippen LogP contribution in [0.1, 0.15) is 5.56 Å². The van der Waals surface area contributed by atoms with Crippen LogP contribution < -0.4 is 5.48 Å². The number of carbonyl (C=O) groups is 1. The van der Waals surface area contributed by atoms with E-state index in [9.17, 15) is 4.79 Å². The van der Waals surface area contributed by atoms with Crippen LogP contribution in [0.2, 0.25) is 0 Å². The number of hydroxylamine groups is 1. The van der Waals surface area contributed by atoms with E-state index in [1.807, 2.05) is 12.1 Å². The van der Waals surface area contributed by atoms with Crippen molar-refractivity contribution in [2.24, 2.45) is 0 Å².